The number of anilines is 2. The number of rotatable bonds is 4. The predicted octanol–water partition coefficient (Wildman–Crippen LogP) is 2.80. The highest BCUT2D eigenvalue weighted by molar-refractivity contribution is 7.92. The molecule has 1 atom stereocenters. The highest BCUT2D eigenvalue weighted by atomic mass is 32.2. The molecule has 2 aromatic rings. The lowest BCUT2D eigenvalue weighted by molar-refractivity contribution is 0.102. The maximum Gasteiger partial charge on any atom is 0.255 e. The number of nitrogens with one attached hydrogen (secondary N) is 1. The Labute approximate surface area is 151 Å². The smallest absolute Gasteiger partial charge is 0.255 e. The number of methoxy groups -OCH3 is 1. The Bertz CT molecular complexity index is 975. The van der Waals surface area contributed by atoms with E-state index in [1.54, 1.807) is 18.2 Å². The molecule has 1 aliphatic rings. The van der Waals surface area contributed by atoms with Gasteiger partial charge >= 0.3 is 0 Å². The van der Waals surface area contributed by atoms with E-state index in [0.29, 0.717) is 23.4 Å². The summed E-state index contributed by atoms with van der Waals surface area (Å²) in [5.41, 5.74) is 2.13. The third kappa shape index (κ3) is 3.37. The number of carbonyl (C=O) groups excluding carboxylic acids is 1. The molecule has 3 rings (SSSR count). The molecule has 0 radical (unpaired) electrons. The quantitative estimate of drug-likeness (QED) is 0.888. The lowest BCUT2D eigenvalue weighted by Crippen LogP contribution is -2.34. The number of amides is 1. The van der Waals surface area contributed by atoms with Gasteiger partial charge in [0.2, 0.25) is 10.0 Å². The van der Waals surface area contributed by atoms with Crippen LogP contribution in [0.1, 0.15) is 22.8 Å². The lowest BCUT2D eigenvalue weighted by atomic mass is 10.1. The van der Waals surface area contributed by atoms with E-state index < -0.39 is 15.8 Å². The van der Waals surface area contributed by atoms with Crippen LogP contribution in [-0.4, -0.2) is 33.7 Å². The van der Waals surface area contributed by atoms with E-state index in [1.165, 1.54) is 35.9 Å². The van der Waals surface area contributed by atoms with Gasteiger partial charge in [0.25, 0.3) is 5.91 Å². The van der Waals surface area contributed by atoms with Crippen LogP contribution in [0, 0.1) is 5.82 Å². The van der Waals surface area contributed by atoms with E-state index in [0.717, 1.165) is 5.56 Å². The van der Waals surface area contributed by atoms with Crippen LogP contribution >= 0.6 is 0 Å². The number of sulfonamides is 1. The van der Waals surface area contributed by atoms with Crippen LogP contribution < -0.4 is 14.4 Å². The van der Waals surface area contributed by atoms with Gasteiger partial charge in [-0.3, -0.25) is 9.10 Å². The molecule has 0 fully saturated rings. The van der Waals surface area contributed by atoms with Gasteiger partial charge in [-0.15, -0.1) is 0 Å². The number of hydrogen-bond donors (Lipinski definition) is 1. The fourth-order valence-corrected chi connectivity index (χ4v) is 4.48. The van der Waals surface area contributed by atoms with Crippen LogP contribution in [0.3, 0.4) is 0 Å². The molecule has 0 saturated carbocycles. The first-order chi connectivity index (χ1) is 12.2. The number of fused-ring (bicyclic) bond motifs is 1. The maximum atomic E-state index is 13.3. The van der Waals surface area contributed by atoms with Gasteiger partial charge < -0.3 is 10.1 Å². The largest absolute Gasteiger partial charge is 0.494 e. The molecule has 0 bridgehead atoms. The first kappa shape index (κ1) is 18.2. The van der Waals surface area contributed by atoms with Gasteiger partial charge in [0.1, 0.15) is 11.6 Å². The standard InChI is InChI=1S/C18H19FN2O4S/c1-11-8-13-9-12(4-7-16(13)21(11)26(3,23)24)18(22)20-15-6-5-14(19)10-17(15)25-2/h4-7,9-11H,8H2,1-3H3,(H,20,22). The summed E-state index contributed by atoms with van der Waals surface area (Å²) in [5.74, 6) is -0.633. The topological polar surface area (TPSA) is 75.7 Å². The fourth-order valence-electron chi connectivity index (χ4n) is 3.21. The van der Waals surface area contributed by atoms with Gasteiger partial charge in [0.05, 0.1) is 24.7 Å². The summed E-state index contributed by atoms with van der Waals surface area (Å²) in [6.45, 7) is 1.82. The van der Waals surface area contributed by atoms with E-state index >= 15 is 0 Å². The second-order valence-corrected chi connectivity index (χ2v) is 8.11. The summed E-state index contributed by atoms with van der Waals surface area (Å²) in [5, 5.41) is 2.69. The Morgan fingerprint density at radius 1 is 1.27 bits per heavy atom. The average Bonchev–Trinajstić information content (AvgIpc) is 2.91. The molecule has 0 aromatic heterocycles. The molecule has 8 heteroatoms. The molecule has 1 heterocycles. The summed E-state index contributed by atoms with van der Waals surface area (Å²) >= 11 is 0. The Morgan fingerprint density at radius 2 is 2.00 bits per heavy atom. The number of hydrogen-bond acceptors (Lipinski definition) is 4. The number of carbonyl (C=O) groups is 1. The van der Waals surface area contributed by atoms with Gasteiger partial charge in [-0.1, -0.05) is 0 Å². The van der Waals surface area contributed by atoms with Crippen LogP contribution in [0.15, 0.2) is 36.4 Å². The van der Waals surface area contributed by atoms with Crippen LogP contribution in [0.4, 0.5) is 15.8 Å². The molecule has 1 amide bonds. The van der Waals surface area contributed by atoms with Crippen LogP contribution in [0.2, 0.25) is 0 Å². The van der Waals surface area contributed by atoms with Crippen molar-refractivity contribution in [3.8, 4) is 5.75 Å². The van der Waals surface area contributed by atoms with Crippen molar-refractivity contribution >= 4 is 27.3 Å². The molecule has 1 aliphatic heterocycles. The minimum atomic E-state index is -3.38. The molecule has 2 aromatic carbocycles. The number of ether oxygens (including phenoxy) is 1. The molecule has 26 heavy (non-hydrogen) atoms. The van der Waals surface area contributed by atoms with Crippen LogP contribution in [0.5, 0.6) is 5.75 Å². The van der Waals surface area contributed by atoms with E-state index in [4.69, 9.17) is 4.74 Å². The minimum absolute atomic E-state index is 0.199. The van der Waals surface area contributed by atoms with E-state index in [2.05, 4.69) is 5.32 Å². The third-order valence-electron chi connectivity index (χ3n) is 4.26. The molecule has 6 nitrogen and oxygen atoms in total. The van der Waals surface area contributed by atoms with Gasteiger partial charge in [-0.05, 0) is 49.2 Å². The van der Waals surface area contributed by atoms with Gasteiger partial charge in [0, 0.05) is 17.7 Å². The Kier molecular flexibility index (Phi) is 4.62. The Morgan fingerprint density at radius 3 is 2.65 bits per heavy atom. The summed E-state index contributed by atoms with van der Waals surface area (Å²) in [6.07, 6.45) is 1.70. The minimum Gasteiger partial charge on any atom is -0.494 e. The zero-order valence-corrected chi connectivity index (χ0v) is 15.4. The average molecular weight is 378 g/mol. The molecule has 0 saturated heterocycles. The zero-order chi connectivity index (χ0) is 19.1. The van der Waals surface area contributed by atoms with Crippen molar-refractivity contribution in [3.63, 3.8) is 0 Å². The van der Waals surface area contributed by atoms with Crippen molar-refractivity contribution in [2.75, 3.05) is 23.0 Å². The van der Waals surface area contributed by atoms with Gasteiger partial charge in [-0.25, -0.2) is 12.8 Å². The third-order valence-corrected chi connectivity index (χ3v) is 5.54. The maximum absolute atomic E-state index is 13.3. The normalized spacial score (nSPS) is 16.3. The van der Waals surface area contributed by atoms with Gasteiger partial charge in [0.15, 0.2) is 0 Å². The predicted molar refractivity (Wildman–Crippen MR) is 97.8 cm³/mol. The second-order valence-electron chi connectivity index (χ2n) is 6.25. The van der Waals surface area contributed by atoms with E-state index in [9.17, 15) is 17.6 Å². The summed E-state index contributed by atoms with van der Waals surface area (Å²) < 4.78 is 43.6. The molecule has 1 N–H and O–H groups in total. The van der Waals surface area contributed by atoms with Gasteiger partial charge in [-0.2, -0.15) is 0 Å². The second kappa shape index (κ2) is 6.60. The fraction of sp³-hybridized carbons (Fsp3) is 0.278. The van der Waals surface area contributed by atoms with Crippen molar-refractivity contribution in [2.45, 2.75) is 19.4 Å². The SMILES string of the molecule is COc1cc(F)ccc1NC(=O)c1ccc2c(c1)CC(C)N2S(C)(=O)=O. The lowest BCUT2D eigenvalue weighted by Gasteiger charge is -2.21. The van der Waals surface area contributed by atoms with Crippen molar-refractivity contribution in [3.05, 3.63) is 53.3 Å². The van der Waals surface area contributed by atoms with Crippen molar-refractivity contribution in [1.82, 2.24) is 0 Å². The zero-order valence-electron chi connectivity index (χ0n) is 14.6. The summed E-state index contributed by atoms with van der Waals surface area (Å²) in [7, 11) is -1.99. The van der Waals surface area contributed by atoms with E-state index in [-0.39, 0.29) is 17.7 Å². The molecule has 0 aliphatic carbocycles. The highest BCUT2D eigenvalue weighted by Gasteiger charge is 2.32. The van der Waals surface area contributed by atoms with Crippen molar-refractivity contribution < 1.29 is 22.3 Å². The Balaban J connectivity index is 1.88. The molecule has 0 spiro atoms. The first-order valence-electron chi connectivity index (χ1n) is 7.98. The Hall–Kier alpha value is -2.61. The monoisotopic (exact) mass is 378 g/mol. The van der Waals surface area contributed by atoms with Crippen molar-refractivity contribution in [1.29, 1.82) is 0 Å². The molecular weight excluding hydrogens is 359 g/mol. The summed E-state index contributed by atoms with van der Waals surface area (Å²) in [4.78, 5) is 12.5. The van der Waals surface area contributed by atoms with E-state index in [1.807, 2.05) is 6.92 Å². The van der Waals surface area contributed by atoms with Crippen LogP contribution in [0.25, 0.3) is 0 Å². The first-order valence-corrected chi connectivity index (χ1v) is 9.82. The van der Waals surface area contributed by atoms with Crippen LogP contribution in [-0.2, 0) is 16.4 Å². The number of nitrogens with zero attached hydrogens (tertiary/aromatic N) is 1. The molecular formula is C18H19FN2O4S. The number of halogens is 1. The van der Waals surface area contributed by atoms with Crippen molar-refractivity contribution in [2.24, 2.45) is 0 Å². The summed E-state index contributed by atoms with van der Waals surface area (Å²) in [6, 6.07) is 8.53. The molecule has 138 valence electrons. The highest BCUT2D eigenvalue weighted by Crippen LogP contribution is 2.35. The number of benzene rings is 2. The molecule has 1 unspecified atom stereocenters.